The van der Waals surface area contributed by atoms with Crippen molar-refractivity contribution < 1.29 is 9.90 Å². The molecule has 0 bridgehead atoms. The molecule has 1 aliphatic rings. The fourth-order valence-corrected chi connectivity index (χ4v) is 3.15. The summed E-state index contributed by atoms with van der Waals surface area (Å²) in [6.07, 6.45) is 5.71. The van der Waals surface area contributed by atoms with Gasteiger partial charge in [-0.15, -0.1) is 0 Å². The molecule has 2 rings (SSSR count). The fourth-order valence-electron chi connectivity index (χ4n) is 3.15. The van der Waals surface area contributed by atoms with Crippen molar-refractivity contribution in [2.24, 2.45) is 13.0 Å². The number of hydrogen-bond acceptors (Lipinski definition) is 5. The molecule has 7 heteroatoms. The minimum Gasteiger partial charge on any atom is -0.385 e. The Morgan fingerprint density at radius 1 is 1.54 bits per heavy atom. The highest BCUT2D eigenvalue weighted by Gasteiger charge is 2.28. The van der Waals surface area contributed by atoms with E-state index >= 15 is 0 Å². The first-order valence-electron chi connectivity index (χ1n) is 8.51. The molecule has 1 N–H and O–H groups in total. The van der Waals surface area contributed by atoms with E-state index in [4.69, 9.17) is 5.26 Å². The van der Waals surface area contributed by atoms with E-state index in [9.17, 15) is 9.90 Å². The number of carbonyl (C=O) groups excluding carboxylic acids is 1. The van der Waals surface area contributed by atoms with Gasteiger partial charge < -0.3 is 19.5 Å². The number of amides is 1. The smallest absolute Gasteiger partial charge is 0.223 e. The van der Waals surface area contributed by atoms with Crippen LogP contribution in [0, 0.1) is 17.2 Å². The largest absolute Gasteiger partial charge is 0.385 e. The van der Waals surface area contributed by atoms with Gasteiger partial charge in [-0.2, -0.15) is 5.26 Å². The number of imidazole rings is 1. The molecule has 0 spiro atoms. The predicted octanol–water partition coefficient (Wildman–Crippen LogP) is 0.928. The van der Waals surface area contributed by atoms with Crippen LogP contribution in [0.15, 0.2) is 12.4 Å². The van der Waals surface area contributed by atoms with Crippen molar-refractivity contribution in [2.45, 2.75) is 31.8 Å². The van der Waals surface area contributed by atoms with Crippen LogP contribution >= 0.6 is 0 Å². The maximum Gasteiger partial charge on any atom is 0.223 e. The van der Waals surface area contributed by atoms with E-state index in [1.165, 1.54) is 0 Å². The van der Waals surface area contributed by atoms with Gasteiger partial charge in [-0.05, 0) is 31.8 Å². The van der Waals surface area contributed by atoms with Crippen molar-refractivity contribution in [3.63, 3.8) is 0 Å². The molecule has 1 aliphatic heterocycles. The number of hydrogen-bond donors (Lipinski definition) is 1. The van der Waals surface area contributed by atoms with Crippen LogP contribution in [0.3, 0.4) is 0 Å². The Morgan fingerprint density at radius 2 is 2.25 bits per heavy atom. The third-order valence-corrected chi connectivity index (χ3v) is 4.83. The number of rotatable bonds is 7. The minimum absolute atomic E-state index is 0.0837. The number of aliphatic hydroxyl groups excluding tert-OH is 1. The second-order valence-corrected chi connectivity index (χ2v) is 6.49. The first-order valence-corrected chi connectivity index (χ1v) is 8.51. The molecule has 0 aliphatic carbocycles. The highest BCUT2D eigenvalue weighted by atomic mass is 16.3. The summed E-state index contributed by atoms with van der Waals surface area (Å²) >= 11 is 0. The SMILES string of the molecule is CN(CCC#N)C(=O)CCN1CCC(C(O)c2nccn2C)CC1. The van der Waals surface area contributed by atoms with Crippen LogP contribution in [-0.4, -0.2) is 63.6 Å². The Bertz CT molecular complexity index is 572. The molecule has 0 saturated carbocycles. The number of aryl methyl sites for hydroxylation is 1. The van der Waals surface area contributed by atoms with Crippen LogP contribution in [0.4, 0.5) is 0 Å². The van der Waals surface area contributed by atoms with E-state index < -0.39 is 6.10 Å². The summed E-state index contributed by atoms with van der Waals surface area (Å²) in [7, 11) is 3.64. The van der Waals surface area contributed by atoms with Gasteiger partial charge in [0.05, 0.1) is 12.5 Å². The average molecular weight is 333 g/mol. The first-order chi connectivity index (χ1) is 11.5. The molecule has 132 valence electrons. The molecule has 7 nitrogen and oxygen atoms in total. The van der Waals surface area contributed by atoms with Gasteiger partial charge in [0.25, 0.3) is 0 Å². The van der Waals surface area contributed by atoms with E-state index in [1.807, 2.05) is 17.8 Å². The molecular formula is C17H27N5O2. The highest BCUT2D eigenvalue weighted by molar-refractivity contribution is 5.76. The molecule has 1 saturated heterocycles. The van der Waals surface area contributed by atoms with Gasteiger partial charge in [-0.1, -0.05) is 0 Å². The van der Waals surface area contributed by atoms with E-state index in [2.05, 4.69) is 16.0 Å². The van der Waals surface area contributed by atoms with Crippen LogP contribution < -0.4 is 0 Å². The number of carbonyl (C=O) groups is 1. The van der Waals surface area contributed by atoms with Gasteiger partial charge >= 0.3 is 0 Å². The Kier molecular flexibility index (Phi) is 6.76. The number of likely N-dealkylation sites (tertiary alicyclic amines) is 1. The number of nitrogens with zero attached hydrogens (tertiary/aromatic N) is 5. The van der Waals surface area contributed by atoms with Crippen molar-refractivity contribution in [1.82, 2.24) is 19.4 Å². The quantitative estimate of drug-likeness (QED) is 0.802. The molecule has 1 aromatic heterocycles. The number of aromatic nitrogens is 2. The number of aliphatic hydroxyl groups is 1. The number of piperidine rings is 1. The molecule has 24 heavy (non-hydrogen) atoms. The highest BCUT2D eigenvalue weighted by Crippen LogP contribution is 2.29. The lowest BCUT2D eigenvalue weighted by Crippen LogP contribution is -2.38. The van der Waals surface area contributed by atoms with Crippen LogP contribution in [0.1, 0.15) is 37.6 Å². The molecule has 1 amide bonds. The maximum absolute atomic E-state index is 12.0. The summed E-state index contributed by atoms with van der Waals surface area (Å²) in [5.74, 6) is 1.03. The summed E-state index contributed by atoms with van der Waals surface area (Å²) in [6.45, 7) is 3.01. The lowest BCUT2D eigenvalue weighted by molar-refractivity contribution is -0.130. The summed E-state index contributed by atoms with van der Waals surface area (Å²) in [6, 6.07) is 2.06. The molecule has 0 radical (unpaired) electrons. The Labute approximate surface area is 143 Å². The molecular weight excluding hydrogens is 306 g/mol. The molecule has 1 aromatic rings. The molecule has 1 unspecified atom stereocenters. The molecule has 1 atom stereocenters. The van der Waals surface area contributed by atoms with E-state index in [-0.39, 0.29) is 11.8 Å². The molecule has 0 aromatic carbocycles. The first kappa shape index (κ1) is 18.4. The van der Waals surface area contributed by atoms with Crippen LogP contribution in [0.5, 0.6) is 0 Å². The zero-order valence-electron chi connectivity index (χ0n) is 14.6. The monoisotopic (exact) mass is 333 g/mol. The second-order valence-electron chi connectivity index (χ2n) is 6.49. The van der Waals surface area contributed by atoms with Crippen LogP contribution in [0.25, 0.3) is 0 Å². The zero-order chi connectivity index (χ0) is 17.5. The summed E-state index contributed by atoms with van der Waals surface area (Å²) in [5.41, 5.74) is 0. The van der Waals surface area contributed by atoms with Crippen molar-refractivity contribution in [2.75, 3.05) is 33.2 Å². The Hall–Kier alpha value is -1.91. The van der Waals surface area contributed by atoms with Crippen molar-refractivity contribution >= 4 is 5.91 Å². The fraction of sp³-hybridized carbons (Fsp3) is 0.706. The summed E-state index contributed by atoms with van der Waals surface area (Å²) < 4.78 is 1.87. The van der Waals surface area contributed by atoms with E-state index in [0.29, 0.717) is 19.4 Å². The van der Waals surface area contributed by atoms with Gasteiger partial charge in [0, 0.05) is 46.0 Å². The van der Waals surface area contributed by atoms with Gasteiger partial charge in [0.2, 0.25) is 5.91 Å². The normalized spacial score (nSPS) is 17.4. The summed E-state index contributed by atoms with van der Waals surface area (Å²) in [5, 5.41) is 19.0. The summed E-state index contributed by atoms with van der Waals surface area (Å²) in [4.78, 5) is 20.1. The third kappa shape index (κ3) is 4.79. The lowest BCUT2D eigenvalue weighted by Gasteiger charge is -2.34. The Morgan fingerprint density at radius 3 is 2.83 bits per heavy atom. The average Bonchev–Trinajstić information content (AvgIpc) is 3.03. The zero-order valence-corrected chi connectivity index (χ0v) is 14.6. The van der Waals surface area contributed by atoms with Gasteiger partial charge in [0.1, 0.15) is 11.9 Å². The van der Waals surface area contributed by atoms with Crippen molar-refractivity contribution in [1.29, 1.82) is 5.26 Å². The van der Waals surface area contributed by atoms with Crippen LogP contribution in [-0.2, 0) is 11.8 Å². The molecule has 1 fully saturated rings. The lowest BCUT2D eigenvalue weighted by atomic mass is 9.90. The Balaban J connectivity index is 1.72. The van der Waals surface area contributed by atoms with Gasteiger partial charge in [-0.3, -0.25) is 4.79 Å². The molecule has 2 heterocycles. The standard InChI is InChI=1S/C17H27N5O2/c1-20(9-3-7-18)15(23)6-12-22-10-4-14(5-11-22)16(24)17-19-8-13-21(17)2/h8,13-14,16,24H,3-6,9-12H2,1-2H3. The topological polar surface area (TPSA) is 85.4 Å². The maximum atomic E-state index is 12.0. The van der Waals surface area contributed by atoms with Gasteiger partial charge in [-0.25, -0.2) is 4.98 Å². The van der Waals surface area contributed by atoms with E-state index in [1.54, 1.807) is 18.1 Å². The minimum atomic E-state index is -0.522. The van der Waals surface area contributed by atoms with Crippen LogP contribution in [0.2, 0.25) is 0 Å². The van der Waals surface area contributed by atoms with E-state index in [0.717, 1.165) is 38.3 Å². The van der Waals surface area contributed by atoms with Gasteiger partial charge in [0.15, 0.2) is 0 Å². The number of nitriles is 1. The second kappa shape index (κ2) is 8.81. The third-order valence-electron chi connectivity index (χ3n) is 4.83. The predicted molar refractivity (Wildman–Crippen MR) is 89.8 cm³/mol. The van der Waals surface area contributed by atoms with Crippen molar-refractivity contribution in [3.05, 3.63) is 18.2 Å². The van der Waals surface area contributed by atoms with Crippen molar-refractivity contribution in [3.8, 4) is 6.07 Å².